The first-order chi connectivity index (χ1) is 9.74. The molecule has 0 aromatic carbocycles. The number of carboxylic acid groups (broad SMARTS) is 1. The maximum atomic E-state index is 11.7. The molecular weight excluding hydrogens is 270 g/mol. The van der Waals surface area contributed by atoms with Crippen LogP contribution in [-0.4, -0.2) is 50.2 Å². The summed E-state index contributed by atoms with van der Waals surface area (Å²) in [6.07, 6.45) is 8.71. The van der Waals surface area contributed by atoms with Crippen LogP contribution in [0.4, 0.5) is 0 Å². The number of hydrogen-bond donors (Lipinski definition) is 0. The molecule has 0 N–H and O–H groups in total. The van der Waals surface area contributed by atoms with Crippen molar-refractivity contribution in [3.8, 4) is 0 Å². The van der Waals surface area contributed by atoms with E-state index in [9.17, 15) is 14.7 Å². The van der Waals surface area contributed by atoms with Crippen LogP contribution in [0.25, 0.3) is 0 Å². The van der Waals surface area contributed by atoms with Gasteiger partial charge in [-0.3, -0.25) is 4.79 Å². The van der Waals surface area contributed by atoms with E-state index >= 15 is 0 Å². The Bertz CT molecular complexity index is 380. The van der Waals surface area contributed by atoms with E-state index in [0.717, 1.165) is 12.8 Å². The van der Waals surface area contributed by atoms with Crippen LogP contribution in [0.3, 0.4) is 0 Å². The fourth-order valence-electron chi connectivity index (χ4n) is 1.79. The first-order valence-electron chi connectivity index (χ1n) is 7.24. The van der Waals surface area contributed by atoms with Crippen LogP contribution < -0.4 is 5.11 Å². The maximum absolute atomic E-state index is 11.7. The van der Waals surface area contributed by atoms with E-state index in [2.05, 4.69) is 13.0 Å². The minimum absolute atomic E-state index is 0.153. The van der Waals surface area contributed by atoms with Gasteiger partial charge in [-0.2, -0.15) is 0 Å². The average molecular weight is 297 g/mol. The summed E-state index contributed by atoms with van der Waals surface area (Å²) >= 11 is 0. The zero-order valence-electron chi connectivity index (χ0n) is 13.5. The van der Waals surface area contributed by atoms with Gasteiger partial charge in [0.15, 0.2) is 6.10 Å². The van der Waals surface area contributed by atoms with E-state index in [1.165, 1.54) is 0 Å². The van der Waals surface area contributed by atoms with E-state index in [1.54, 1.807) is 6.08 Å². The SMILES string of the molecule is CC/C=C/C/C=C/CC(=O)OC(CC(=O)[O-])C[N+](C)(C)C. The summed E-state index contributed by atoms with van der Waals surface area (Å²) in [5.74, 6) is -1.62. The Kier molecular flexibility index (Phi) is 9.37. The van der Waals surface area contributed by atoms with Crippen LogP contribution in [0.15, 0.2) is 24.3 Å². The van der Waals surface area contributed by atoms with Crippen molar-refractivity contribution in [2.45, 2.75) is 38.7 Å². The molecule has 0 fully saturated rings. The van der Waals surface area contributed by atoms with Gasteiger partial charge < -0.3 is 19.1 Å². The molecule has 1 atom stereocenters. The standard InChI is InChI=1S/C16H27NO4/c1-5-6-7-8-9-10-11-16(20)21-14(12-15(18)19)13-17(2,3)4/h6-7,9-10,14H,5,8,11-13H2,1-4H3/b7-6+,10-9+. The van der Waals surface area contributed by atoms with Crippen molar-refractivity contribution in [3.05, 3.63) is 24.3 Å². The highest BCUT2D eigenvalue weighted by Gasteiger charge is 2.21. The summed E-state index contributed by atoms with van der Waals surface area (Å²) in [5, 5.41) is 10.7. The van der Waals surface area contributed by atoms with Crippen molar-refractivity contribution >= 4 is 11.9 Å². The molecule has 0 aliphatic rings. The molecule has 0 bridgehead atoms. The van der Waals surface area contributed by atoms with E-state index in [0.29, 0.717) is 11.0 Å². The highest BCUT2D eigenvalue weighted by Crippen LogP contribution is 2.06. The largest absolute Gasteiger partial charge is 0.550 e. The van der Waals surface area contributed by atoms with Gasteiger partial charge in [0.1, 0.15) is 6.54 Å². The van der Waals surface area contributed by atoms with Gasteiger partial charge >= 0.3 is 5.97 Å². The number of carbonyl (C=O) groups is 2. The van der Waals surface area contributed by atoms with Crippen LogP contribution in [0.2, 0.25) is 0 Å². The Balaban J connectivity index is 4.27. The molecule has 0 rings (SSSR count). The molecule has 0 heterocycles. The summed E-state index contributed by atoms with van der Waals surface area (Å²) in [4.78, 5) is 22.4. The second kappa shape index (κ2) is 10.2. The van der Waals surface area contributed by atoms with Crippen molar-refractivity contribution in [3.63, 3.8) is 0 Å². The number of likely N-dealkylation sites (N-methyl/N-ethyl adjacent to an activating group) is 1. The highest BCUT2D eigenvalue weighted by molar-refractivity contribution is 5.72. The molecule has 21 heavy (non-hydrogen) atoms. The maximum Gasteiger partial charge on any atom is 0.310 e. The number of rotatable bonds is 10. The topological polar surface area (TPSA) is 66.4 Å². The second-order valence-electron chi connectivity index (χ2n) is 5.95. The average Bonchev–Trinajstić information content (AvgIpc) is 2.30. The monoisotopic (exact) mass is 297 g/mol. The Morgan fingerprint density at radius 3 is 2.29 bits per heavy atom. The van der Waals surface area contributed by atoms with Crippen molar-refractivity contribution in [2.75, 3.05) is 27.7 Å². The fourth-order valence-corrected chi connectivity index (χ4v) is 1.79. The van der Waals surface area contributed by atoms with Gasteiger partial charge in [0, 0.05) is 12.4 Å². The molecular formula is C16H27NO4. The molecule has 0 saturated heterocycles. The van der Waals surface area contributed by atoms with Crippen molar-refractivity contribution < 1.29 is 23.9 Å². The molecule has 0 amide bonds. The summed E-state index contributed by atoms with van der Waals surface area (Å²) < 4.78 is 5.74. The number of carbonyl (C=O) groups excluding carboxylic acids is 2. The normalized spacial score (nSPS) is 13.7. The van der Waals surface area contributed by atoms with Crippen LogP contribution in [0.1, 0.15) is 32.6 Å². The third kappa shape index (κ3) is 13.1. The third-order valence-electron chi connectivity index (χ3n) is 2.57. The van der Waals surface area contributed by atoms with Gasteiger partial charge in [0.25, 0.3) is 0 Å². The number of aliphatic carboxylic acids is 1. The lowest BCUT2D eigenvalue weighted by Gasteiger charge is -2.29. The molecule has 0 spiro atoms. The van der Waals surface area contributed by atoms with Crippen LogP contribution in [0, 0.1) is 0 Å². The van der Waals surface area contributed by atoms with Gasteiger partial charge in [-0.05, 0) is 12.8 Å². The van der Waals surface area contributed by atoms with Gasteiger partial charge in [-0.1, -0.05) is 31.2 Å². The quantitative estimate of drug-likeness (QED) is 0.343. The molecule has 5 heteroatoms. The number of nitrogens with zero attached hydrogens (tertiary/aromatic N) is 1. The zero-order chi connectivity index (χ0) is 16.3. The van der Waals surface area contributed by atoms with Crippen molar-refractivity contribution in [2.24, 2.45) is 0 Å². The van der Waals surface area contributed by atoms with E-state index in [4.69, 9.17) is 4.74 Å². The van der Waals surface area contributed by atoms with E-state index in [1.807, 2.05) is 33.3 Å². The summed E-state index contributed by atoms with van der Waals surface area (Å²) in [6.45, 7) is 2.49. The minimum atomic E-state index is -1.21. The van der Waals surface area contributed by atoms with Crippen LogP contribution in [-0.2, 0) is 14.3 Å². The lowest BCUT2D eigenvalue weighted by molar-refractivity contribution is -0.873. The lowest BCUT2D eigenvalue weighted by Crippen LogP contribution is -2.45. The summed E-state index contributed by atoms with van der Waals surface area (Å²) in [6, 6.07) is 0. The van der Waals surface area contributed by atoms with E-state index in [-0.39, 0.29) is 12.8 Å². The van der Waals surface area contributed by atoms with Crippen molar-refractivity contribution in [1.82, 2.24) is 0 Å². The number of quaternary nitrogens is 1. The minimum Gasteiger partial charge on any atom is -0.550 e. The third-order valence-corrected chi connectivity index (χ3v) is 2.57. The highest BCUT2D eigenvalue weighted by atomic mass is 16.5. The molecule has 5 nitrogen and oxygen atoms in total. The summed E-state index contributed by atoms with van der Waals surface area (Å²) in [5.41, 5.74) is 0. The molecule has 0 saturated carbocycles. The Labute approximate surface area is 127 Å². The number of carboxylic acids is 1. The molecule has 0 aromatic heterocycles. The molecule has 0 aliphatic carbocycles. The van der Waals surface area contributed by atoms with E-state index < -0.39 is 18.0 Å². The zero-order valence-corrected chi connectivity index (χ0v) is 13.5. The van der Waals surface area contributed by atoms with Crippen LogP contribution in [0.5, 0.6) is 0 Å². The molecule has 0 aliphatic heterocycles. The Hall–Kier alpha value is -1.62. The smallest absolute Gasteiger partial charge is 0.310 e. The predicted octanol–water partition coefficient (Wildman–Crippen LogP) is 1.05. The Morgan fingerprint density at radius 2 is 1.76 bits per heavy atom. The molecule has 1 unspecified atom stereocenters. The molecule has 0 aromatic rings. The number of esters is 1. The van der Waals surface area contributed by atoms with Gasteiger partial charge in [0.2, 0.25) is 0 Å². The van der Waals surface area contributed by atoms with Gasteiger partial charge in [0.05, 0.1) is 27.6 Å². The molecule has 0 radical (unpaired) electrons. The number of allylic oxidation sites excluding steroid dienone is 3. The van der Waals surface area contributed by atoms with Gasteiger partial charge in [-0.15, -0.1) is 0 Å². The van der Waals surface area contributed by atoms with Crippen molar-refractivity contribution in [1.29, 1.82) is 0 Å². The van der Waals surface area contributed by atoms with Gasteiger partial charge in [-0.25, -0.2) is 0 Å². The predicted molar refractivity (Wildman–Crippen MR) is 80.2 cm³/mol. The summed E-state index contributed by atoms with van der Waals surface area (Å²) in [7, 11) is 5.74. The number of hydrogen-bond acceptors (Lipinski definition) is 4. The molecule has 120 valence electrons. The first kappa shape index (κ1) is 19.4. The lowest BCUT2D eigenvalue weighted by atomic mass is 10.2. The second-order valence-corrected chi connectivity index (χ2v) is 5.95. The fraction of sp³-hybridized carbons (Fsp3) is 0.625. The van der Waals surface area contributed by atoms with Crippen LogP contribution >= 0.6 is 0 Å². The number of ether oxygens (including phenoxy) is 1. The Morgan fingerprint density at radius 1 is 1.14 bits per heavy atom. The first-order valence-corrected chi connectivity index (χ1v) is 7.24.